The first-order valence-corrected chi connectivity index (χ1v) is 11.7. The minimum atomic E-state index is -0.834. The number of carboxylic acids is 1. The van der Waals surface area contributed by atoms with Crippen molar-refractivity contribution in [2.75, 3.05) is 13.7 Å². The van der Waals surface area contributed by atoms with Crippen molar-refractivity contribution in [2.24, 2.45) is 7.05 Å². The Morgan fingerprint density at radius 2 is 1.75 bits per heavy atom. The van der Waals surface area contributed by atoms with Crippen LogP contribution in [0.4, 0.5) is 0 Å². The summed E-state index contributed by atoms with van der Waals surface area (Å²) in [7, 11) is 3.67. The number of rotatable bonds is 12. The van der Waals surface area contributed by atoms with Crippen LogP contribution in [0.2, 0.25) is 0 Å². The first-order valence-electron chi connectivity index (χ1n) is 11.7. The molecule has 3 aromatic carbocycles. The summed E-state index contributed by atoms with van der Waals surface area (Å²) in [6.45, 7) is 0.932. The second-order valence-corrected chi connectivity index (χ2v) is 8.33. The van der Waals surface area contributed by atoms with Gasteiger partial charge in [-0.05, 0) is 42.2 Å². The van der Waals surface area contributed by atoms with Crippen LogP contribution in [0.5, 0.6) is 17.2 Å². The summed E-state index contributed by atoms with van der Waals surface area (Å²) in [6, 6.07) is 21.4. The molecule has 0 aliphatic rings. The van der Waals surface area contributed by atoms with E-state index in [9.17, 15) is 4.79 Å². The summed E-state index contributed by atoms with van der Waals surface area (Å²) >= 11 is 0. The third-order valence-corrected chi connectivity index (χ3v) is 5.88. The number of nitrogens with zero attached hydrogens (tertiary/aromatic N) is 2. The highest BCUT2D eigenvalue weighted by molar-refractivity contribution is 5.85. The van der Waals surface area contributed by atoms with Crippen molar-refractivity contribution in [3.63, 3.8) is 0 Å². The third-order valence-electron chi connectivity index (χ3n) is 5.88. The van der Waals surface area contributed by atoms with Gasteiger partial charge < -0.3 is 23.9 Å². The highest BCUT2D eigenvalue weighted by atomic mass is 35.5. The van der Waals surface area contributed by atoms with Crippen LogP contribution < -0.4 is 14.2 Å². The Labute approximate surface area is 217 Å². The number of carbonyl (C=O) groups is 1. The van der Waals surface area contributed by atoms with Crippen LogP contribution in [-0.4, -0.2) is 34.3 Å². The molecule has 1 aromatic heterocycles. The first-order chi connectivity index (χ1) is 17.0. The standard InChI is InChI=1S/C28H30N2O5.ClH/c1-30-25-17-22(33-2)13-14-24(25)29-27(30)9-6-16-34-23-12-10-21(11-15-28(31)32)26(18-23)35-19-20-7-4-3-5-8-20;/h3-5,7-8,10,12-14,17-18H,6,9,11,15-16,19H2,1-2H3,(H,31,32);1H. The molecule has 0 bridgehead atoms. The molecule has 0 saturated carbocycles. The molecule has 7 nitrogen and oxygen atoms in total. The molecule has 1 heterocycles. The number of aliphatic carboxylic acids is 1. The number of halogens is 1. The number of aryl methyl sites for hydroxylation is 3. The molecule has 0 amide bonds. The Balaban J connectivity index is 0.00000361. The summed E-state index contributed by atoms with van der Waals surface area (Å²) in [4.78, 5) is 15.8. The van der Waals surface area contributed by atoms with Crippen molar-refractivity contribution >= 4 is 29.4 Å². The zero-order chi connectivity index (χ0) is 24.6. The number of carboxylic acid groups (broad SMARTS) is 1. The fraction of sp³-hybridized carbons (Fsp3) is 0.286. The summed E-state index contributed by atoms with van der Waals surface area (Å²) in [5.41, 5.74) is 3.88. The number of hydrogen-bond acceptors (Lipinski definition) is 5. The van der Waals surface area contributed by atoms with E-state index in [1.807, 2.05) is 73.8 Å². The average molecular weight is 511 g/mol. The van der Waals surface area contributed by atoms with Gasteiger partial charge in [-0.2, -0.15) is 0 Å². The van der Waals surface area contributed by atoms with Gasteiger partial charge in [-0.1, -0.05) is 36.4 Å². The maximum Gasteiger partial charge on any atom is 0.303 e. The van der Waals surface area contributed by atoms with Gasteiger partial charge in [-0.3, -0.25) is 4.79 Å². The normalized spacial score (nSPS) is 10.6. The number of aromatic nitrogens is 2. The van der Waals surface area contributed by atoms with Gasteiger partial charge in [0.15, 0.2) is 0 Å². The molecule has 4 aromatic rings. The second-order valence-electron chi connectivity index (χ2n) is 8.33. The highest BCUT2D eigenvalue weighted by Gasteiger charge is 2.11. The lowest BCUT2D eigenvalue weighted by Crippen LogP contribution is -2.05. The van der Waals surface area contributed by atoms with Crippen LogP contribution in [-0.2, 0) is 31.3 Å². The molecule has 0 atom stereocenters. The fourth-order valence-corrected chi connectivity index (χ4v) is 3.93. The molecule has 0 fully saturated rings. The molecule has 4 rings (SSSR count). The van der Waals surface area contributed by atoms with Gasteiger partial charge in [-0.15, -0.1) is 12.4 Å². The number of imidazole rings is 1. The Kier molecular flexibility index (Phi) is 9.59. The molecule has 0 spiro atoms. The SMILES string of the molecule is COc1ccc2nc(CCCOc3ccc(CCC(=O)O)c(OCc4ccccc4)c3)n(C)c2c1.Cl. The molecule has 0 unspecified atom stereocenters. The molecular weight excluding hydrogens is 480 g/mol. The lowest BCUT2D eigenvalue weighted by molar-refractivity contribution is -0.136. The van der Waals surface area contributed by atoms with E-state index < -0.39 is 5.97 Å². The quantitative estimate of drug-likeness (QED) is 0.249. The number of benzene rings is 3. The van der Waals surface area contributed by atoms with E-state index in [-0.39, 0.29) is 18.8 Å². The van der Waals surface area contributed by atoms with E-state index in [2.05, 4.69) is 4.57 Å². The van der Waals surface area contributed by atoms with E-state index in [1.54, 1.807) is 7.11 Å². The van der Waals surface area contributed by atoms with Gasteiger partial charge in [0.05, 0.1) is 24.8 Å². The zero-order valence-electron chi connectivity index (χ0n) is 20.5. The van der Waals surface area contributed by atoms with E-state index in [1.165, 1.54) is 0 Å². The minimum Gasteiger partial charge on any atom is -0.497 e. The van der Waals surface area contributed by atoms with Crippen LogP contribution in [0, 0.1) is 0 Å². The predicted molar refractivity (Wildman–Crippen MR) is 142 cm³/mol. The summed E-state index contributed by atoms with van der Waals surface area (Å²) in [5.74, 6) is 2.32. The van der Waals surface area contributed by atoms with Gasteiger partial charge in [0.25, 0.3) is 0 Å². The van der Waals surface area contributed by atoms with Crippen molar-refractivity contribution in [3.05, 3.63) is 83.7 Å². The molecule has 0 saturated heterocycles. The van der Waals surface area contributed by atoms with Crippen LogP contribution in [0.25, 0.3) is 11.0 Å². The van der Waals surface area contributed by atoms with Crippen molar-refractivity contribution < 1.29 is 24.1 Å². The van der Waals surface area contributed by atoms with Gasteiger partial charge >= 0.3 is 5.97 Å². The minimum absolute atomic E-state index is 0. The monoisotopic (exact) mass is 510 g/mol. The second kappa shape index (κ2) is 12.8. The smallest absolute Gasteiger partial charge is 0.303 e. The third kappa shape index (κ3) is 6.92. The van der Waals surface area contributed by atoms with Gasteiger partial charge in [0.2, 0.25) is 0 Å². The first kappa shape index (κ1) is 26.9. The lowest BCUT2D eigenvalue weighted by atomic mass is 10.1. The average Bonchev–Trinajstić information content (AvgIpc) is 3.19. The summed E-state index contributed by atoms with van der Waals surface area (Å²) in [5, 5.41) is 9.08. The lowest BCUT2D eigenvalue weighted by Gasteiger charge is -2.14. The molecule has 0 aliphatic heterocycles. The molecule has 8 heteroatoms. The van der Waals surface area contributed by atoms with Crippen molar-refractivity contribution in [1.82, 2.24) is 9.55 Å². The van der Waals surface area contributed by atoms with E-state index in [4.69, 9.17) is 24.3 Å². The summed E-state index contributed by atoms with van der Waals surface area (Å²) in [6.07, 6.45) is 2.03. The molecule has 190 valence electrons. The topological polar surface area (TPSA) is 82.8 Å². The molecular formula is C28H31ClN2O5. The van der Waals surface area contributed by atoms with Gasteiger partial charge in [0.1, 0.15) is 29.7 Å². The zero-order valence-corrected chi connectivity index (χ0v) is 21.3. The summed E-state index contributed by atoms with van der Waals surface area (Å²) < 4.78 is 19.5. The van der Waals surface area contributed by atoms with Crippen LogP contribution in [0.1, 0.15) is 29.8 Å². The van der Waals surface area contributed by atoms with E-state index in [0.29, 0.717) is 31.1 Å². The van der Waals surface area contributed by atoms with Crippen molar-refractivity contribution in [3.8, 4) is 17.2 Å². The Bertz CT molecular complexity index is 1290. The molecule has 0 aliphatic carbocycles. The molecule has 0 radical (unpaired) electrons. The van der Waals surface area contributed by atoms with Gasteiger partial charge in [-0.25, -0.2) is 4.98 Å². The molecule has 1 N–H and O–H groups in total. The van der Waals surface area contributed by atoms with Gasteiger partial charge in [0, 0.05) is 32.0 Å². The number of fused-ring (bicyclic) bond motifs is 1. The van der Waals surface area contributed by atoms with E-state index in [0.717, 1.165) is 46.6 Å². The predicted octanol–water partition coefficient (Wildman–Crippen LogP) is 5.61. The van der Waals surface area contributed by atoms with Crippen LogP contribution >= 0.6 is 12.4 Å². The molecule has 36 heavy (non-hydrogen) atoms. The van der Waals surface area contributed by atoms with Crippen molar-refractivity contribution in [1.29, 1.82) is 0 Å². The maximum absolute atomic E-state index is 11.1. The van der Waals surface area contributed by atoms with Crippen LogP contribution in [0.15, 0.2) is 66.7 Å². The van der Waals surface area contributed by atoms with Crippen LogP contribution in [0.3, 0.4) is 0 Å². The Hall–Kier alpha value is -3.71. The largest absolute Gasteiger partial charge is 0.497 e. The fourth-order valence-electron chi connectivity index (χ4n) is 3.93. The Morgan fingerprint density at radius 3 is 2.50 bits per heavy atom. The number of ether oxygens (including phenoxy) is 3. The highest BCUT2D eigenvalue weighted by Crippen LogP contribution is 2.28. The van der Waals surface area contributed by atoms with E-state index >= 15 is 0 Å². The maximum atomic E-state index is 11.1. The number of hydrogen-bond donors (Lipinski definition) is 1. The number of methoxy groups -OCH3 is 1. The Morgan fingerprint density at radius 1 is 0.972 bits per heavy atom. The van der Waals surface area contributed by atoms with Crippen molar-refractivity contribution in [2.45, 2.75) is 32.3 Å².